The van der Waals surface area contributed by atoms with Crippen LogP contribution < -0.4 is 4.90 Å². The maximum Gasteiger partial charge on any atom is 0.237 e. The number of carbonyl (C=O) groups is 1. The van der Waals surface area contributed by atoms with Gasteiger partial charge in [0.25, 0.3) is 0 Å². The summed E-state index contributed by atoms with van der Waals surface area (Å²) in [5, 5.41) is 2.08. The Morgan fingerprint density at radius 2 is 1.56 bits per heavy atom. The summed E-state index contributed by atoms with van der Waals surface area (Å²) in [6.07, 6.45) is 2.81. The van der Waals surface area contributed by atoms with Crippen LogP contribution in [0.15, 0.2) is 78.9 Å². The van der Waals surface area contributed by atoms with Crippen molar-refractivity contribution in [3.05, 3.63) is 101 Å². The fraction of sp³-hybridized carbons (Fsp3) is 0.382. The van der Waals surface area contributed by atoms with Crippen LogP contribution in [0.3, 0.4) is 0 Å². The highest BCUT2D eigenvalue weighted by molar-refractivity contribution is 6.30. The van der Waals surface area contributed by atoms with Gasteiger partial charge in [-0.2, -0.15) is 0 Å². The summed E-state index contributed by atoms with van der Waals surface area (Å²) >= 11 is 6.24. The zero-order valence-corrected chi connectivity index (χ0v) is 24.3. The van der Waals surface area contributed by atoms with E-state index in [2.05, 4.69) is 85.2 Å². The molecule has 0 radical (unpaired) electrons. The van der Waals surface area contributed by atoms with Crippen molar-refractivity contribution in [2.75, 3.05) is 57.3 Å². The van der Waals surface area contributed by atoms with Crippen LogP contribution in [0.1, 0.15) is 29.7 Å². The van der Waals surface area contributed by atoms with Crippen LogP contribution in [0, 0.1) is 0 Å². The third-order valence-electron chi connectivity index (χ3n) is 9.52. The summed E-state index contributed by atoms with van der Waals surface area (Å²) in [6.45, 7) is 7.74. The Kier molecular flexibility index (Phi) is 7.23. The molecular formula is C34H38ClN5O. The average molecular weight is 568 g/mol. The van der Waals surface area contributed by atoms with Gasteiger partial charge < -0.3 is 14.8 Å². The van der Waals surface area contributed by atoms with Crippen LogP contribution in [0.4, 0.5) is 5.69 Å². The van der Waals surface area contributed by atoms with Gasteiger partial charge in [0.1, 0.15) is 0 Å². The number of carbonyl (C=O) groups excluding carboxylic acids is 1. The molecule has 41 heavy (non-hydrogen) atoms. The standard InChI is InChI=1S/C34H38ClN5O/c35-27-9-6-10-28(23-27)39-21-19-38(20-22-39)25-32(41)40-16-13-30-29-11-4-5-12-31(29)36-33(30)34(40)14-17-37(18-15-34)24-26-7-2-1-3-8-26/h1-12,23,36H,13-22,24-25H2. The van der Waals surface area contributed by atoms with Gasteiger partial charge in [-0.25, -0.2) is 0 Å². The van der Waals surface area contributed by atoms with Gasteiger partial charge in [-0.05, 0) is 54.7 Å². The van der Waals surface area contributed by atoms with Gasteiger partial charge >= 0.3 is 0 Å². The molecule has 0 saturated carbocycles. The highest BCUT2D eigenvalue weighted by atomic mass is 35.5. The number of nitrogens with one attached hydrogen (secondary N) is 1. The lowest BCUT2D eigenvalue weighted by Crippen LogP contribution is -2.60. The number of para-hydroxylation sites is 1. The van der Waals surface area contributed by atoms with Gasteiger partial charge in [-0.1, -0.05) is 66.2 Å². The molecule has 0 bridgehead atoms. The molecule has 3 aliphatic rings. The highest BCUT2D eigenvalue weighted by Gasteiger charge is 2.48. The van der Waals surface area contributed by atoms with E-state index in [0.29, 0.717) is 6.54 Å². The van der Waals surface area contributed by atoms with Gasteiger partial charge in [0.2, 0.25) is 5.91 Å². The molecule has 6 nitrogen and oxygen atoms in total. The summed E-state index contributed by atoms with van der Waals surface area (Å²) in [7, 11) is 0. The van der Waals surface area contributed by atoms with Gasteiger partial charge in [0.05, 0.1) is 12.1 Å². The van der Waals surface area contributed by atoms with E-state index < -0.39 is 0 Å². The van der Waals surface area contributed by atoms with Crippen LogP contribution in [0.5, 0.6) is 0 Å². The quantitative estimate of drug-likeness (QED) is 0.345. The lowest BCUT2D eigenvalue weighted by atomic mass is 9.77. The van der Waals surface area contributed by atoms with Crippen molar-refractivity contribution in [1.82, 2.24) is 19.7 Å². The van der Waals surface area contributed by atoms with Crippen molar-refractivity contribution in [2.45, 2.75) is 31.3 Å². The number of halogens is 1. The van der Waals surface area contributed by atoms with Crippen molar-refractivity contribution in [1.29, 1.82) is 0 Å². The number of aromatic nitrogens is 1. The summed E-state index contributed by atoms with van der Waals surface area (Å²) < 4.78 is 0. The average Bonchev–Trinajstić information content (AvgIpc) is 3.39. The van der Waals surface area contributed by atoms with Crippen LogP contribution >= 0.6 is 11.6 Å². The Bertz CT molecular complexity index is 1520. The number of hydrogen-bond acceptors (Lipinski definition) is 4. The zero-order valence-electron chi connectivity index (χ0n) is 23.6. The Balaban J connectivity index is 1.10. The number of aromatic amines is 1. The topological polar surface area (TPSA) is 45.8 Å². The van der Waals surface area contributed by atoms with E-state index in [1.54, 1.807) is 0 Å². The number of hydrogen-bond donors (Lipinski definition) is 1. The number of benzene rings is 3. The predicted octanol–water partition coefficient (Wildman–Crippen LogP) is 5.52. The van der Waals surface area contributed by atoms with Crippen molar-refractivity contribution in [2.24, 2.45) is 0 Å². The number of likely N-dealkylation sites (tertiary alicyclic amines) is 1. The molecule has 1 amide bonds. The van der Waals surface area contributed by atoms with E-state index in [1.165, 1.54) is 27.7 Å². The van der Waals surface area contributed by atoms with Gasteiger partial charge in [0, 0.05) is 79.7 Å². The Morgan fingerprint density at radius 3 is 2.34 bits per heavy atom. The van der Waals surface area contributed by atoms with Crippen LogP contribution in [-0.4, -0.2) is 77.9 Å². The van der Waals surface area contributed by atoms with Gasteiger partial charge in [0.15, 0.2) is 0 Å². The first-order valence-electron chi connectivity index (χ1n) is 15.0. The summed E-state index contributed by atoms with van der Waals surface area (Å²) in [5.74, 6) is 0.266. The van der Waals surface area contributed by atoms with Crippen molar-refractivity contribution in [3.63, 3.8) is 0 Å². The smallest absolute Gasteiger partial charge is 0.237 e. The third kappa shape index (κ3) is 5.14. The molecule has 7 rings (SSSR count). The Hall–Kier alpha value is -3.32. The number of anilines is 1. The second kappa shape index (κ2) is 11.2. The van der Waals surface area contributed by atoms with Crippen molar-refractivity contribution < 1.29 is 4.79 Å². The molecule has 1 spiro atoms. The minimum atomic E-state index is -0.278. The molecule has 0 aliphatic carbocycles. The molecule has 3 aromatic carbocycles. The number of fused-ring (bicyclic) bond motifs is 4. The molecule has 4 aromatic rings. The molecule has 2 saturated heterocycles. The lowest BCUT2D eigenvalue weighted by Gasteiger charge is -2.51. The highest BCUT2D eigenvalue weighted by Crippen LogP contribution is 2.45. The fourth-order valence-corrected chi connectivity index (χ4v) is 7.53. The van der Waals surface area contributed by atoms with E-state index in [4.69, 9.17) is 11.6 Å². The van der Waals surface area contributed by atoms with Crippen LogP contribution in [-0.2, 0) is 23.3 Å². The minimum absolute atomic E-state index is 0.266. The van der Waals surface area contributed by atoms with Crippen LogP contribution in [0.25, 0.3) is 10.9 Å². The maximum absolute atomic E-state index is 14.2. The zero-order chi connectivity index (χ0) is 27.8. The number of amides is 1. The molecule has 0 atom stereocenters. The minimum Gasteiger partial charge on any atom is -0.369 e. The normalized spacial score (nSPS) is 19.5. The Labute approximate surface area is 247 Å². The summed E-state index contributed by atoms with van der Waals surface area (Å²) in [4.78, 5) is 27.5. The maximum atomic E-state index is 14.2. The lowest BCUT2D eigenvalue weighted by molar-refractivity contribution is -0.143. The van der Waals surface area contributed by atoms with E-state index in [0.717, 1.165) is 82.3 Å². The molecule has 0 unspecified atom stereocenters. The van der Waals surface area contributed by atoms with Crippen molar-refractivity contribution >= 4 is 34.1 Å². The third-order valence-corrected chi connectivity index (χ3v) is 9.75. The molecular weight excluding hydrogens is 530 g/mol. The summed E-state index contributed by atoms with van der Waals surface area (Å²) in [6, 6.07) is 27.5. The first-order valence-corrected chi connectivity index (χ1v) is 15.4. The SMILES string of the molecule is O=C(CN1CCN(c2cccc(Cl)c2)CC1)N1CCc2c([nH]c3ccccc23)C12CCN(Cc1ccccc1)CC2. The van der Waals surface area contributed by atoms with Crippen LogP contribution in [0.2, 0.25) is 5.02 Å². The Morgan fingerprint density at radius 1 is 0.805 bits per heavy atom. The second-order valence-corrected chi connectivity index (χ2v) is 12.3. The van der Waals surface area contributed by atoms with Gasteiger partial charge in [-0.3, -0.25) is 14.6 Å². The fourth-order valence-electron chi connectivity index (χ4n) is 7.35. The van der Waals surface area contributed by atoms with E-state index in [-0.39, 0.29) is 11.4 Å². The molecule has 1 aromatic heterocycles. The molecule has 1 N–H and O–H groups in total. The first kappa shape index (κ1) is 26.6. The summed E-state index contributed by atoms with van der Waals surface area (Å²) in [5.41, 5.74) is 6.12. The largest absolute Gasteiger partial charge is 0.369 e. The molecule has 4 heterocycles. The van der Waals surface area contributed by atoms with E-state index >= 15 is 0 Å². The molecule has 2 fully saturated rings. The number of nitrogens with zero attached hydrogens (tertiary/aromatic N) is 4. The first-order chi connectivity index (χ1) is 20.1. The molecule has 212 valence electrons. The van der Waals surface area contributed by atoms with Crippen molar-refractivity contribution in [3.8, 4) is 0 Å². The van der Waals surface area contributed by atoms with E-state index in [1.807, 2.05) is 18.2 Å². The van der Waals surface area contributed by atoms with Gasteiger partial charge in [-0.15, -0.1) is 0 Å². The molecule has 3 aliphatic heterocycles. The number of piperidine rings is 1. The number of rotatable bonds is 5. The molecule has 7 heteroatoms. The number of piperazine rings is 1. The second-order valence-electron chi connectivity index (χ2n) is 11.9. The number of H-pyrrole nitrogens is 1. The monoisotopic (exact) mass is 567 g/mol. The van der Waals surface area contributed by atoms with E-state index in [9.17, 15) is 4.79 Å². The predicted molar refractivity (Wildman–Crippen MR) is 166 cm³/mol.